The van der Waals surface area contributed by atoms with Gasteiger partial charge in [0.05, 0.1) is 5.69 Å². The molecule has 0 saturated carbocycles. The van der Waals surface area contributed by atoms with Gasteiger partial charge in [0, 0.05) is 35.2 Å². The van der Waals surface area contributed by atoms with E-state index in [1.54, 1.807) is 22.7 Å². The highest BCUT2D eigenvalue weighted by Crippen LogP contribution is 2.36. The van der Waals surface area contributed by atoms with Crippen LogP contribution in [-0.2, 0) is 0 Å². The van der Waals surface area contributed by atoms with Crippen LogP contribution in [0.2, 0.25) is 0 Å². The number of H-pyrrole nitrogens is 1. The molecule has 0 spiro atoms. The second-order valence-corrected chi connectivity index (χ2v) is 7.95. The molecule has 7 heteroatoms. The average Bonchev–Trinajstić information content (AvgIpc) is 3.08. The van der Waals surface area contributed by atoms with Crippen LogP contribution in [0.3, 0.4) is 0 Å². The van der Waals surface area contributed by atoms with Crippen molar-refractivity contribution < 1.29 is 13.6 Å². The molecular weight excluding hydrogens is 380 g/mol. The van der Waals surface area contributed by atoms with Crippen LogP contribution >= 0.6 is 11.8 Å². The van der Waals surface area contributed by atoms with Crippen LogP contribution in [-0.4, -0.2) is 39.8 Å². The highest BCUT2D eigenvalue weighted by molar-refractivity contribution is 7.99. The van der Waals surface area contributed by atoms with E-state index in [0.717, 1.165) is 17.7 Å². The van der Waals surface area contributed by atoms with E-state index in [0.29, 0.717) is 42.2 Å². The second kappa shape index (κ2) is 8.14. The molecule has 2 heterocycles. The number of aromatic nitrogens is 2. The van der Waals surface area contributed by atoms with Crippen molar-refractivity contribution in [3.8, 4) is 11.3 Å². The van der Waals surface area contributed by atoms with E-state index >= 15 is 0 Å². The number of carbonyl (C=O) groups is 1. The molecule has 0 bridgehead atoms. The van der Waals surface area contributed by atoms with Gasteiger partial charge in [-0.15, -0.1) is 0 Å². The van der Waals surface area contributed by atoms with Crippen LogP contribution in [0.5, 0.6) is 0 Å². The van der Waals surface area contributed by atoms with Crippen LogP contribution in [0.25, 0.3) is 11.3 Å². The lowest BCUT2D eigenvalue weighted by molar-refractivity contribution is 0.0760. The van der Waals surface area contributed by atoms with Crippen molar-refractivity contribution in [3.63, 3.8) is 0 Å². The average molecular weight is 399 g/mol. The molecular formula is C21H19F2N3OS. The molecule has 0 aliphatic carbocycles. The lowest BCUT2D eigenvalue weighted by Gasteiger charge is -2.19. The van der Waals surface area contributed by atoms with Gasteiger partial charge in [-0.1, -0.05) is 30.3 Å². The summed E-state index contributed by atoms with van der Waals surface area (Å²) in [6, 6.07) is 14.9. The van der Waals surface area contributed by atoms with Gasteiger partial charge in [-0.25, -0.2) is 8.78 Å². The number of rotatable bonds is 3. The van der Waals surface area contributed by atoms with Gasteiger partial charge in [-0.3, -0.25) is 9.89 Å². The zero-order chi connectivity index (χ0) is 19.5. The molecule has 1 atom stereocenters. The minimum atomic E-state index is -0.444. The van der Waals surface area contributed by atoms with Crippen molar-refractivity contribution in [1.29, 1.82) is 0 Å². The van der Waals surface area contributed by atoms with E-state index in [4.69, 9.17) is 0 Å². The lowest BCUT2D eigenvalue weighted by Crippen LogP contribution is -2.33. The number of nitrogens with zero attached hydrogens (tertiary/aromatic N) is 2. The van der Waals surface area contributed by atoms with Crippen molar-refractivity contribution in [2.24, 2.45) is 0 Å². The number of thioether (sulfide) groups is 1. The number of carbonyl (C=O) groups excluding carboxylic acids is 1. The van der Waals surface area contributed by atoms with E-state index in [2.05, 4.69) is 10.2 Å². The summed E-state index contributed by atoms with van der Waals surface area (Å²) in [7, 11) is 0. The van der Waals surface area contributed by atoms with Crippen LogP contribution in [0.1, 0.15) is 27.7 Å². The van der Waals surface area contributed by atoms with Gasteiger partial charge in [0.25, 0.3) is 5.91 Å². The zero-order valence-electron chi connectivity index (χ0n) is 15.1. The molecule has 1 amide bonds. The Morgan fingerprint density at radius 1 is 1.11 bits per heavy atom. The van der Waals surface area contributed by atoms with Gasteiger partial charge in [0.1, 0.15) is 17.3 Å². The Bertz CT molecular complexity index is 977. The highest BCUT2D eigenvalue weighted by Gasteiger charge is 2.25. The minimum absolute atomic E-state index is 0.129. The van der Waals surface area contributed by atoms with Gasteiger partial charge in [-0.2, -0.15) is 16.9 Å². The Balaban J connectivity index is 1.46. The minimum Gasteiger partial charge on any atom is -0.336 e. The Hall–Kier alpha value is -2.67. The van der Waals surface area contributed by atoms with Crippen molar-refractivity contribution in [2.75, 3.05) is 18.8 Å². The maximum absolute atomic E-state index is 14.1. The monoisotopic (exact) mass is 399 g/mol. The predicted octanol–water partition coefficient (Wildman–Crippen LogP) is 4.68. The van der Waals surface area contributed by atoms with Gasteiger partial charge in [0.2, 0.25) is 0 Å². The summed E-state index contributed by atoms with van der Waals surface area (Å²) in [6.45, 7) is 1.03. The van der Waals surface area contributed by atoms with E-state index < -0.39 is 11.6 Å². The topological polar surface area (TPSA) is 49.0 Å². The SMILES string of the molecule is O=C(c1cc(-c2ccccc2)n[nH]1)N1CCSC(c2cc(F)ccc2F)CC1. The number of hydrogen-bond acceptors (Lipinski definition) is 3. The fourth-order valence-electron chi connectivity index (χ4n) is 3.34. The lowest BCUT2D eigenvalue weighted by atomic mass is 10.1. The first-order valence-corrected chi connectivity index (χ1v) is 10.1. The Morgan fingerprint density at radius 2 is 1.93 bits per heavy atom. The van der Waals surface area contributed by atoms with Gasteiger partial charge >= 0.3 is 0 Å². The molecule has 144 valence electrons. The van der Waals surface area contributed by atoms with Crippen molar-refractivity contribution >= 4 is 17.7 Å². The van der Waals surface area contributed by atoms with Crippen LogP contribution in [0.4, 0.5) is 8.78 Å². The van der Waals surface area contributed by atoms with Crippen molar-refractivity contribution in [1.82, 2.24) is 15.1 Å². The van der Waals surface area contributed by atoms with E-state index in [1.807, 2.05) is 30.3 Å². The highest BCUT2D eigenvalue weighted by atomic mass is 32.2. The number of halogens is 2. The van der Waals surface area contributed by atoms with E-state index in [1.165, 1.54) is 6.07 Å². The van der Waals surface area contributed by atoms with Crippen LogP contribution < -0.4 is 0 Å². The van der Waals surface area contributed by atoms with Crippen molar-refractivity contribution in [3.05, 3.63) is 77.5 Å². The molecule has 1 aromatic heterocycles. The van der Waals surface area contributed by atoms with Crippen LogP contribution in [0.15, 0.2) is 54.6 Å². The third-order valence-electron chi connectivity index (χ3n) is 4.81. The first-order valence-electron chi connectivity index (χ1n) is 9.08. The molecule has 2 aromatic carbocycles. The first kappa shape index (κ1) is 18.7. The van der Waals surface area contributed by atoms with Gasteiger partial charge < -0.3 is 4.90 Å². The summed E-state index contributed by atoms with van der Waals surface area (Å²) >= 11 is 1.55. The summed E-state index contributed by atoms with van der Waals surface area (Å²) in [6.07, 6.45) is 0.566. The summed E-state index contributed by atoms with van der Waals surface area (Å²) < 4.78 is 27.6. The Kier molecular flexibility index (Phi) is 5.43. The fourth-order valence-corrected chi connectivity index (χ4v) is 4.58. The number of amides is 1. The standard InChI is InChI=1S/C21H19F2N3OS/c22-15-6-7-17(23)16(12-15)20-8-9-26(10-11-28-20)21(27)19-13-18(24-25-19)14-4-2-1-3-5-14/h1-7,12-13,20H,8-11H2,(H,24,25). The first-order chi connectivity index (χ1) is 13.6. The molecule has 1 unspecified atom stereocenters. The third-order valence-corrected chi connectivity index (χ3v) is 6.12. The molecule has 1 aliphatic heterocycles. The van der Waals surface area contributed by atoms with Gasteiger partial charge in [-0.05, 0) is 30.7 Å². The quantitative estimate of drug-likeness (QED) is 0.696. The van der Waals surface area contributed by atoms with E-state index in [9.17, 15) is 13.6 Å². The summed E-state index contributed by atoms with van der Waals surface area (Å²) in [4.78, 5) is 14.6. The number of aromatic amines is 1. The number of nitrogens with one attached hydrogen (secondary N) is 1. The smallest absolute Gasteiger partial charge is 0.271 e. The maximum Gasteiger partial charge on any atom is 0.271 e. The number of benzene rings is 2. The summed E-state index contributed by atoms with van der Waals surface area (Å²) in [5.41, 5.74) is 2.45. The summed E-state index contributed by atoms with van der Waals surface area (Å²) in [5.74, 6) is -0.318. The molecule has 1 aliphatic rings. The zero-order valence-corrected chi connectivity index (χ0v) is 15.9. The predicted molar refractivity (Wildman–Crippen MR) is 106 cm³/mol. The normalized spacial score (nSPS) is 17.4. The van der Waals surface area contributed by atoms with E-state index in [-0.39, 0.29) is 11.2 Å². The molecule has 0 radical (unpaired) electrons. The molecule has 1 saturated heterocycles. The molecule has 28 heavy (non-hydrogen) atoms. The molecule has 3 aromatic rings. The summed E-state index contributed by atoms with van der Waals surface area (Å²) in [5, 5.41) is 6.89. The Morgan fingerprint density at radius 3 is 2.75 bits per heavy atom. The largest absolute Gasteiger partial charge is 0.336 e. The maximum atomic E-state index is 14.1. The van der Waals surface area contributed by atoms with Crippen molar-refractivity contribution in [2.45, 2.75) is 11.7 Å². The third kappa shape index (κ3) is 3.94. The number of hydrogen-bond donors (Lipinski definition) is 1. The fraction of sp³-hybridized carbons (Fsp3) is 0.238. The second-order valence-electron chi connectivity index (χ2n) is 6.64. The molecule has 4 nitrogen and oxygen atoms in total. The van der Waals surface area contributed by atoms with Gasteiger partial charge in [0.15, 0.2) is 0 Å². The molecule has 1 fully saturated rings. The van der Waals surface area contributed by atoms with Crippen LogP contribution in [0, 0.1) is 11.6 Å². The molecule has 1 N–H and O–H groups in total. The molecule has 4 rings (SSSR count). The Labute approximate surface area is 166 Å².